The highest BCUT2D eigenvalue weighted by molar-refractivity contribution is 8.00. The van der Waals surface area contributed by atoms with E-state index in [4.69, 9.17) is 14.6 Å². The van der Waals surface area contributed by atoms with E-state index in [0.717, 1.165) is 36.4 Å². The lowest BCUT2D eigenvalue weighted by Gasteiger charge is -2.12. The lowest BCUT2D eigenvalue weighted by molar-refractivity contribution is -0.136. The van der Waals surface area contributed by atoms with E-state index in [1.54, 1.807) is 6.92 Å². The fraction of sp³-hybridized carbons (Fsp3) is 0.471. The van der Waals surface area contributed by atoms with Crippen LogP contribution < -0.4 is 9.47 Å². The van der Waals surface area contributed by atoms with Gasteiger partial charge in [-0.1, -0.05) is 11.8 Å². The molecule has 25 heavy (non-hydrogen) atoms. The number of aromatic nitrogens is 3. The van der Waals surface area contributed by atoms with Gasteiger partial charge in [-0.2, -0.15) is 0 Å². The SMILES string of the molecule is C[C@@H](Sc1nnc(-c2ccc3c(c2)OCCCO3)n1C1CC1)C(=O)O. The predicted molar refractivity (Wildman–Crippen MR) is 92.3 cm³/mol. The summed E-state index contributed by atoms with van der Waals surface area (Å²) in [5, 5.41) is 17.8. The highest BCUT2D eigenvalue weighted by Crippen LogP contribution is 2.43. The molecular weight excluding hydrogens is 342 g/mol. The van der Waals surface area contributed by atoms with E-state index in [2.05, 4.69) is 14.8 Å². The molecule has 1 atom stereocenters. The minimum atomic E-state index is -0.854. The summed E-state index contributed by atoms with van der Waals surface area (Å²) in [5.41, 5.74) is 0.901. The van der Waals surface area contributed by atoms with Gasteiger partial charge in [0, 0.05) is 18.0 Å². The van der Waals surface area contributed by atoms with E-state index in [9.17, 15) is 4.79 Å². The number of fused-ring (bicyclic) bond motifs is 1. The summed E-state index contributed by atoms with van der Waals surface area (Å²) in [6.45, 7) is 2.94. The van der Waals surface area contributed by atoms with Gasteiger partial charge in [-0.25, -0.2) is 0 Å². The zero-order valence-corrected chi connectivity index (χ0v) is 14.7. The van der Waals surface area contributed by atoms with Crippen LogP contribution in [-0.2, 0) is 4.79 Å². The van der Waals surface area contributed by atoms with Crippen LogP contribution in [0.4, 0.5) is 0 Å². The number of nitrogens with zero attached hydrogens (tertiary/aromatic N) is 3. The molecule has 1 aliphatic carbocycles. The summed E-state index contributed by atoms with van der Waals surface area (Å²) in [5.74, 6) is 1.35. The van der Waals surface area contributed by atoms with Crippen molar-refractivity contribution in [3.63, 3.8) is 0 Å². The molecule has 1 aromatic carbocycles. The van der Waals surface area contributed by atoms with E-state index in [-0.39, 0.29) is 0 Å². The third-order valence-corrected chi connectivity index (χ3v) is 5.26. The molecule has 1 aromatic heterocycles. The molecule has 1 saturated carbocycles. The smallest absolute Gasteiger partial charge is 0.316 e. The molecule has 0 unspecified atom stereocenters. The van der Waals surface area contributed by atoms with Crippen molar-refractivity contribution in [2.45, 2.75) is 42.6 Å². The number of carbonyl (C=O) groups is 1. The van der Waals surface area contributed by atoms with Gasteiger partial charge in [-0.3, -0.25) is 9.36 Å². The lowest BCUT2D eigenvalue weighted by Crippen LogP contribution is -2.13. The quantitative estimate of drug-likeness (QED) is 0.819. The number of rotatable bonds is 5. The molecule has 7 nitrogen and oxygen atoms in total. The van der Waals surface area contributed by atoms with Crippen molar-refractivity contribution < 1.29 is 19.4 Å². The predicted octanol–water partition coefficient (Wildman–Crippen LogP) is 3.01. The van der Waals surface area contributed by atoms with Crippen LogP contribution >= 0.6 is 11.8 Å². The van der Waals surface area contributed by atoms with E-state index >= 15 is 0 Å². The molecule has 1 fully saturated rings. The highest BCUT2D eigenvalue weighted by atomic mass is 32.2. The van der Waals surface area contributed by atoms with E-state index in [0.29, 0.717) is 30.2 Å². The van der Waals surface area contributed by atoms with Crippen molar-refractivity contribution in [2.75, 3.05) is 13.2 Å². The molecule has 2 aromatic rings. The van der Waals surface area contributed by atoms with Gasteiger partial charge >= 0.3 is 5.97 Å². The van der Waals surface area contributed by atoms with E-state index < -0.39 is 11.2 Å². The summed E-state index contributed by atoms with van der Waals surface area (Å²) in [4.78, 5) is 11.2. The van der Waals surface area contributed by atoms with Crippen LogP contribution in [0.5, 0.6) is 11.5 Å². The maximum atomic E-state index is 11.2. The molecule has 1 N–H and O–H groups in total. The molecule has 0 bridgehead atoms. The van der Waals surface area contributed by atoms with Crippen molar-refractivity contribution in [3.05, 3.63) is 18.2 Å². The van der Waals surface area contributed by atoms with Crippen molar-refractivity contribution in [3.8, 4) is 22.9 Å². The average Bonchev–Trinajstić information content (AvgIpc) is 3.39. The molecule has 2 aliphatic rings. The van der Waals surface area contributed by atoms with Gasteiger partial charge in [0.05, 0.1) is 13.2 Å². The van der Waals surface area contributed by atoms with Gasteiger partial charge in [0.15, 0.2) is 22.5 Å². The Kier molecular flexibility index (Phi) is 4.29. The molecule has 0 amide bonds. The molecule has 4 rings (SSSR count). The first-order valence-electron chi connectivity index (χ1n) is 8.38. The largest absolute Gasteiger partial charge is 0.490 e. The number of hydrogen-bond acceptors (Lipinski definition) is 6. The third-order valence-electron chi connectivity index (χ3n) is 4.21. The zero-order chi connectivity index (χ0) is 17.4. The van der Waals surface area contributed by atoms with E-state index in [1.165, 1.54) is 11.8 Å². The molecule has 0 spiro atoms. The fourth-order valence-corrected chi connectivity index (χ4v) is 3.58. The van der Waals surface area contributed by atoms with Crippen LogP contribution in [0, 0.1) is 0 Å². The second-order valence-corrected chi connectivity index (χ2v) is 7.53. The summed E-state index contributed by atoms with van der Waals surface area (Å²) >= 11 is 1.23. The second-order valence-electron chi connectivity index (χ2n) is 6.22. The number of aliphatic carboxylic acids is 1. The first kappa shape index (κ1) is 16.3. The molecule has 2 heterocycles. The van der Waals surface area contributed by atoms with Crippen LogP contribution in [-0.4, -0.2) is 44.3 Å². The first-order valence-corrected chi connectivity index (χ1v) is 9.26. The molecule has 1 aliphatic heterocycles. The summed E-state index contributed by atoms with van der Waals surface area (Å²) in [6.07, 6.45) is 2.98. The number of benzene rings is 1. The Bertz CT molecular complexity index is 803. The minimum Gasteiger partial charge on any atom is -0.490 e. The van der Waals surface area contributed by atoms with Gasteiger partial charge in [0.1, 0.15) is 5.25 Å². The molecule has 0 saturated heterocycles. The van der Waals surface area contributed by atoms with Crippen LogP contribution in [0.25, 0.3) is 11.4 Å². The van der Waals surface area contributed by atoms with Gasteiger partial charge in [0.25, 0.3) is 0 Å². The number of carboxylic acids is 1. The van der Waals surface area contributed by atoms with Crippen molar-refractivity contribution in [2.24, 2.45) is 0 Å². The topological polar surface area (TPSA) is 86.5 Å². The maximum absolute atomic E-state index is 11.2. The molecular formula is C17H19N3O4S. The normalized spacial score (nSPS) is 17.8. The average molecular weight is 361 g/mol. The van der Waals surface area contributed by atoms with Crippen molar-refractivity contribution in [1.29, 1.82) is 0 Å². The van der Waals surface area contributed by atoms with Crippen LogP contribution in [0.3, 0.4) is 0 Å². The Morgan fingerprint density at radius 1 is 1.28 bits per heavy atom. The number of hydrogen-bond donors (Lipinski definition) is 1. The fourth-order valence-electron chi connectivity index (χ4n) is 2.73. The molecule has 0 radical (unpaired) electrons. The maximum Gasteiger partial charge on any atom is 0.316 e. The van der Waals surface area contributed by atoms with Crippen LogP contribution in [0.2, 0.25) is 0 Å². The Hall–Kier alpha value is -2.22. The number of thioether (sulfide) groups is 1. The zero-order valence-electron chi connectivity index (χ0n) is 13.8. The van der Waals surface area contributed by atoms with E-state index in [1.807, 2.05) is 18.2 Å². The standard InChI is InChI=1S/C17H19N3O4S/c1-10(16(21)22)25-17-19-18-15(20(17)12-4-5-12)11-3-6-13-14(9-11)24-8-2-7-23-13/h3,6,9-10,12H,2,4-5,7-8H2,1H3,(H,21,22)/t10-/m1/s1. The van der Waals surface area contributed by atoms with Gasteiger partial charge in [0.2, 0.25) is 0 Å². The molecule has 8 heteroatoms. The summed E-state index contributed by atoms with van der Waals surface area (Å²) in [6, 6.07) is 6.11. The first-order chi connectivity index (χ1) is 12.1. The number of ether oxygens (including phenoxy) is 2. The highest BCUT2D eigenvalue weighted by Gasteiger charge is 2.31. The molecule has 132 valence electrons. The van der Waals surface area contributed by atoms with Crippen molar-refractivity contribution in [1.82, 2.24) is 14.8 Å². The third kappa shape index (κ3) is 3.30. The van der Waals surface area contributed by atoms with Crippen LogP contribution in [0.1, 0.15) is 32.2 Å². The monoisotopic (exact) mass is 361 g/mol. The summed E-state index contributed by atoms with van der Waals surface area (Å²) in [7, 11) is 0. The summed E-state index contributed by atoms with van der Waals surface area (Å²) < 4.78 is 13.5. The number of carboxylic acid groups (broad SMARTS) is 1. The second kappa shape index (κ2) is 6.59. The minimum absolute atomic E-state index is 0.337. The Morgan fingerprint density at radius 2 is 2.04 bits per heavy atom. The Morgan fingerprint density at radius 3 is 2.76 bits per heavy atom. The van der Waals surface area contributed by atoms with Gasteiger partial charge in [-0.15, -0.1) is 10.2 Å². The Labute approximate surface area is 149 Å². The lowest BCUT2D eigenvalue weighted by atomic mass is 10.2. The van der Waals surface area contributed by atoms with Gasteiger partial charge in [-0.05, 0) is 38.0 Å². The Balaban J connectivity index is 1.69. The van der Waals surface area contributed by atoms with Crippen LogP contribution in [0.15, 0.2) is 23.4 Å². The van der Waals surface area contributed by atoms with Crippen molar-refractivity contribution >= 4 is 17.7 Å². The van der Waals surface area contributed by atoms with Gasteiger partial charge < -0.3 is 14.6 Å².